The van der Waals surface area contributed by atoms with Gasteiger partial charge in [-0.25, -0.2) is 0 Å². The van der Waals surface area contributed by atoms with Crippen LogP contribution in [0.5, 0.6) is 17.2 Å². The van der Waals surface area contributed by atoms with Gasteiger partial charge in [0, 0.05) is 24.7 Å². The van der Waals surface area contributed by atoms with Crippen LogP contribution in [0.15, 0.2) is 12.1 Å². The topological polar surface area (TPSA) is 71.0 Å². The Labute approximate surface area is 124 Å². The summed E-state index contributed by atoms with van der Waals surface area (Å²) in [6, 6.07) is 3.37. The molecule has 1 aliphatic heterocycles. The molecule has 1 saturated carbocycles. The van der Waals surface area contributed by atoms with Crippen LogP contribution < -0.4 is 14.8 Å². The highest BCUT2D eigenvalue weighted by Crippen LogP contribution is 2.37. The number of phenolic OH excluding ortho intramolecular Hbond substituents is 1. The largest absolute Gasteiger partial charge is 0.507 e. The molecule has 5 nitrogen and oxygen atoms in total. The Morgan fingerprint density at radius 1 is 1.24 bits per heavy atom. The Morgan fingerprint density at radius 2 is 1.90 bits per heavy atom. The molecular formula is C16H23NO4. The average Bonchev–Trinajstić information content (AvgIpc) is 2.90. The molecule has 3 rings (SSSR count). The molecule has 1 aromatic carbocycles. The summed E-state index contributed by atoms with van der Waals surface area (Å²) in [6.45, 7) is 3.48. The van der Waals surface area contributed by atoms with Gasteiger partial charge in [0.15, 0.2) is 11.5 Å². The van der Waals surface area contributed by atoms with E-state index in [9.17, 15) is 10.2 Å². The van der Waals surface area contributed by atoms with Crippen LogP contribution in [0, 0.1) is 5.92 Å². The molecule has 0 unspecified atom stereocenters. The van der Waals surface area contributed by atoms with Gasteiger partial charge in [-0.15, -0.1) is 0 Å². The van der Waals surface area contributed by atoms with Crippen LogP contribution in [0.3, 0.4) is 0 Å². The van der Waals surface area contributed by atoms with E-state index >= 15 is 0 Å². The molecule has 21 heavy (non-hydrogen) atoms. The van der Waals surface area contributed by atoms with Gasteiger partial charge < -0.3 is 25.0 Å². The van der Waals surface area contributed by atoms with Crippen LogP contribution in [0.2, 0.25) is 0 Å². The van der Waals surface area contributed by atoms with Gasteiger partial charge in [0.1, 0.15) is 5.75 Å². The molecule has 2 aliphatic rings. The second kappa shape index (κ2) is 5.73. The molecule has 0 aromatic heterocycles. The number of hydrogen-bond donors (Lipinski definition) is 3. The zero-order valence-electron chi connectivity index (χ0n) is 12.4. The average molecular weight is 293 g/mol. The number of fused-ring (bicyclic) bond motifs is 1. The highest BCUT2D eigenvalue weighted by Gasteiger charge is 2.31. The highest BCUT2D eigenvalue weighted by molar-refractivity contribution is 5.51. The van der Waals surface area contributed by atoms with Crippen LogP contribution in [0.1, 0.15) is 38.2 Å². The van der Waals surface area contributed by atoms with Gasteiger partial charge in [-0.1, -0.05) is 6.92 Å². The number of rotatable bonds is 4. The number of phenols is 1. The normalized spacial score (nSPS) is 27.8. The lowest BCUT2D eigenvalue weighted by atomic mass is 9.79. The molecule has 0 spiro atoms. The fourth-order valence-corrected chi connectivity index (χ4v) is 3.02. The predicted octanol–water partition coefficient (Wildman–Crippen LogP) is 2.15. The number of hydrogen-bond acceptors (Lipinski definition) is 5. The van der Waals surface area contributed by atoms with Crippen LogP contribution >= 0.6 is 0 Å². The van der Waals surface area contributed by atoms with Crippen molar-refractivity contribution < 1.29 is 19.7 Å². The molecule has 1 aliphatic carbocycles. The third kappa shape index (κ3) is 3.24. The summed E-state index contributed by atoms with van der Waals surface area (Å²) in [5.41, 5.74) is 0.144. The molecule has 1 heterocycles. The molecule has 0 bridgehead atoms. The van der Waals surface area contributed by atoms with Gasteiger partial charge in [-0.05, 0) is 37.7 Å². The van der Waals surface area contributed by atoms with Crippen molar-refractivity contribution in [1.29, 1.82) is 0 Å². The van der Waals surface area contributed by atoms with Crippen molar-refractivity contribution in [3.8, 4) is 17.2 Å². The maximum Gasteiger partial charge on any atom is 0.231 e. The van der Waals surface area contributed by atoms with Crippen molar-refractivity contribution in [2.75, 3.05) is 13.3 Å². The van der Waals surface area contributed by atoms with Gasteiger partial charge in [0.05, 0.1) is 5.60 Å². The smallest absolute Gasteiger partial charge is 0.231 e. The minimum absolute atomic E-state index is 0.191. The van der Waals surface area contributed by atoms with Gasteiger partial charge in [-0.2, -0.15) is 0 Å². The molecule has 3 N–H and O–H groups in total. The van der Waals surface area contributed by atoms with E-state index in [0.717, 1.165) is 31.2 Å². The summed E-state index contributed by atoms with van der Waals surface area (Å²) in [6.07, 6.45) is 3.84. The molecular weight excluding hydrogens is 270 g/mol. The van der Waals surface area contributed by atoms with E-state index in [-0.39, 0.29) is 12.5 Å². The minimum atomic E-state index is -0.613. The molecule has 5 heteroatoms. The Balaban J connectivity index is 1.56. The maximum atomic E-state index is 10.5. The number of ether oxygens (including phenoxy) is 2. The number of aromatic hydroxyl groups is 1. The van der Waals surface area contributed by atoms with Gasteiger partial charge in [0.25, 0.3) is 0 Å². The van der Waals surface area contributed by atoms with Crippen LogP contribution in [0.25, 0.3) is 0 Å². The maximum absolute atomic E-state index is 10.5. The summed E-state index contributed by atoms with van der Waals surface area (Å²) >= 11 is 0. The summed E-state index contributed by atoms with van der Waals surface area (Å²) in [4.78, 5) is 0. The lowest BCUT2D eigenvalue weighted by Gasteiger charge is -2.35. The van der Waals surface area contributed by atoms with Crippen LogP contribution in [-0.2, 0) is 6.54 Å². The third-order valence-corrected chi connectivity index (χ3v) is 4.55. The van der Waals surface area contributed by atoms with E-state index in [0.29, 0.717) is 30.5 Å². The zero-order chi connectivity index (χ0) is 14.9. The van der Waals surface area contributed by atoms with E-state index < -0.39 is 5.60 Å². The predicted molar refractivity (Wildman–Crippen MR) is 78.5 cm³/mol. The number of nitrogens with one attached hydrogen (secondary N) is 1. The monoisotopic (exact) mass is 293 g/mol. The lowest BCUT2D eigenvalue weighted by molar-refractivity contribution is -0.00633. The Hall–Kier alpha value is -1.46. The minimum Gasteiger partial charge on any atom is -0.507 e. The fraction of sp³-hybridized carbons (Fsp3) is 0.625. The Bertz CT molecular complexity index is 509. The standard InChI is InChI=1S/C16H23NO4/c1-11-2-4-16(19,5-3-11)9-17-8-12-6-14-15(7-13(12)18)21-10-20-14/h6-7,11,17-19H,2-5,8-10H2,1H3. The Morgan fingerprint density at radius 3 is 2.62 bits per heavy atom. The third-order valence-electron chi connectivity index (χ3n) is 4.55. The SMILES string of the molecule is CC1CCC(O)(CNCc2cc3c(cc2O)OCO3)CC1. The highest BCUT2D eigenvalue weighted by atomic mass is 16.7. The van der Waals surface area contributed by atoms with Gasteiger partial charge in [-0.3, -0.25) is 0 Å². The summed E-state index contributed by atoms with van der Waals surface area (Å²) in [5.74, 6) is 2.14. The number of aliphatic hydroxyl groups is 1. The van der Waals surface area contributed by atoms with Crippen molar-refractivity contribution >= 4 is 0 Å². The lowest BCUT2D eigenvalue weighted by Crippen LogP contribution is -2.43. The fourth-order valence-electron chi connectivity index (χ4n) is 3.02. The molecule has 0 atom stereocenters. The molecule has 0 radical (unpaired) electrons. The molecule has 116 valence electrons. The van der Waals surface area contributed by atoms with Crippen molar-refractivity contribution in [1.82, 2.24) is 5.32 Å². The molecule has 1 fully saturated rings. The van der Waals surface area contributed by atoms with Gasteiger partial charge >= 0.3 is 0 Å². The van der Waals surface area contributed by atoms with E-state index in [4.69, 9.17) is 9.47 Å². The molecule has 1 aromatic rings. The van der Waals surface area contributed by atoms with E-state index in [1.807, 2.05) is 0 Å². The second-order valence-corrected chi connectivity index (χ2v) is 6.34. The van der Waals surface area contributed by atoms with Crippen LogP contribution in [0.4, 0.5) is 0 Å². The van der Waals surface area contributed by atoms with Crippen LogP contribution in [-0.4, -0.2) is 29.2 Å². The first-order valence-electron chi connectivity index (χ1n) is 7.60. The van der Waals surface area contributed by atoms with E-state index in [1.54, 1.807) is 12.1 Å². The quantitative estimate of drug-likeness (QED) is 0.793. The van der Waals surface area contributed by atoms with Crippen molar-refractivity contribution in [2.24, 2.45) is 5.92 Å². The first-order valence-corrected chi connectivity index (χ1v) is 7.60. The second-order valence-electron chi connectivity index (χ2n) is 6.34. The summed E-state index contributed by atoms with van der Waals surface area (Å²) in [7, 11) is 0. The van der Waals surface area contributed by atoms with E-state index in [1.165, 1.54) is 0 Å². The van der Waals surface area contributed by atoms with Crippen molar-refractivity contribution in [2.45, 2.75) is 44.8 Å². The Kier molecular flexibility index (Phi) is 3.95. The summed E-state index contributed by atoms with van der Waals surface area (Å²) in [5, 5.41) is 23.7. The first kappa shape index (κ1) is 14.5. The number of benzene rings is 1. The molecule has 0 saturated heterocycles. The van der Waals surface area contributed by atoms with Crippen molar-refractivity contribution in [3.63, 3.8) is 0 Å². The van der Waals surface area contributed by atoms with Crippen molar-refractivity contribution in [3.05, 3.63) is 17.7 Å². The van der Waals surface area contributed by atoms with Gasteiger partial charge in [0.2, 0.25) is 6.79 Å². The first-order chi connectivity index (χ1) is 10.1. The molecule has 0 amide bonds. The van der Waals surface area contributed by atoms with E-state index in [2.05, 4.69) is 12.2 Å². The zero-order valence-corrected chi connectivity index (χ0v) is 12.4. The summed E-state index contributed by atoms with van der Waals surface area (Å²) < 4.78 is 10.5.